The number of carbonyl (C=O) groups is 12. The van der Waals surface area contributed by atoms with Gasteiger partial charge in [-0.2, -0.15) is 0 Å². The van der Waals surface area contributed by atoms with E-state index in [0.717, 1.165) is 49.7 Å². The number of pyridine rings is 6. The number of carbonyl (C=O) groups excluding carboxylic acids is 12. The first-order chi connectivity index (χ1) is 54.9. The number of ether oxygens (including phenoxy) is 1. The second kappa shape index (κ2) is 39.0. The van der Waals surface area contributed by atoms with Crippen molar-refractivity contribution in [2.24, 2.45) is 53.3 Å². The number of aliphatic hydroxyl groups is 3. The first-order valence-corrected chi connectivity index (χ1v) is 38.7. The Morgan fingerprint density at radius 3 is 1.14 bits per heavy atom. The molecular weight excluding hydrogens is 1480 g/mol. The van der Waals surface area contributed by atoms with Gasteiger partial charge in [0.2, 0.25) is 29.5 Å². The van der Waals surface area contributed by atoms with E-state index in [1.165, 1.54) is 66.8 Å². The molecular formula is C82H100N14O19. The summed E-state index contributed by atoms with van der Waals surface area (Å²) in [5.41, 5.74) is 1.40. The molecule has 3 aliphatic carbocycles. The molecule has 0 spiro atoms. The number of aliphatic hydroxyl groups excluding tert-OH is 3. The minimum atomic E-state index is -1.35. The number of ketones is 3. The number of amides is 8. The van der Waals surface area contributed by atoms with Gasteiger partial charge in [0.25, 0.3) is 17.7 Å². The van der Waals surface area contributed by atoms with Crippen LogP contribution >= 0.6 is 0 Å². The van der Waals surface area contributed by atoms with E-state index in [4.69, 9.17) is 4.74 Å². The third-order valence-corrected chi connectivity index (χ3v) is 22.0. The molecule has 3 saturated heterocycles. The van der Waals surface area contributed by atoms with E-state index in [9.17, 15) is 88.2 Å². The van der Waals surface area contributed by atoms with Crippen LogP contribution in [0.15, 0.2) is 129 Å². The number of nitrogens with zero attached hydrogens (tertiary/aromatic N) is 7. The molecule has 12 rings (SSSR count). The lowest BCUT2D eigenvalue weighted by Crippen LogP contribution is -2.59. The van der Waals surface area contributed by atoms with E-state index in [1.54, 1.807) is 115 Å². The summed E-state index contributed by atoms with van der Waals surface area (Å²) < 4.78 is 5.61. The smallest absolute Gasteiger partial charge is 0.312 e. The van der Waals surface area contributed by atoms with Crippen molar-refractivity contribution in [3.8, 4) is 17.2 Å². The summed E-state index contributed by atoms with van der Waals surface area (Å²) in [6.45, 7) is 9.59. The highest BCUT2D eigenvalue weighted by Gasteiger charge is 2.48. The minimum absolute atomic E-state index is 0.00413. The summed E-state index contributed by atoms with van der Waals surface area (Å²) in [6.07, 6.45) is 13.6. The Hall–Kier alpha value is -11.6. The molecule has 612 valence electrons. The highest BCUT2D eigenvalue weighted by atomic mass is 16.5. The van der Waals surface area contributed by atoms with Gasteiger partial charge in [-0.1, -0.05) is 52.8 Å². The Kier molecular flexibility index (Phi) is 29.1. The van der Waals surface area contributed by atoms with Crippen LogP contribution < -0.4 is 37.2 Å². The molecule has 3 aliphatic heterocycles. The highest BCUT2D eigenvalue weighted by Crippen LogP contribution is 2.40. The number of esters is 1. The molecule has 3 saturated carbocycles. The SMILES string of the molecule is C[C@H]1CC(=O)C(C2CC2)N(C)C(=O)[C@H](C)[C@H](O)[C@H](Cc2cccnc2)NC(=O)[C@H]1NC(=O)c1ncccc1O.C[C@H]1CC(=O)C(C2CC2)NC(=O)[C@H](C)[C@H](O)[C@H](Cc2cccnc2)NC(=O)[C@H]1NC(=O)c1ncccc1O.C[C@H]1CC(=O)C(C2CC2)OC(=O)[C@H](C)[C@H](O)[C@H](Cc2cccnc2)NC(=O)[C@H]1NC(=O)c1ncccc1O. The predicted octanol–water partition coefficient (Wildman–Crippen LogP) is 2.30. The Balaban J connectivity index is 0.000000182. The van der Waals surface area contributed by atoms with E-state index in [0.29, 0.717) is 5.56 Å². The zero-order valence-electron chi connectivity index (χ0n) is 64.9. The third-order valence-electron chi connectivity index (χ3n) is 22.0. The van der Waals surface area contributed by atoms with Crippen molar-refractivity contribution in [1.29, 1.82) is 0 Å². The second-order valence-electron chi connectivity index (χ2n) is 31.0. The van der Waals surface area contributed by atoms with Gasteiger partial charge in [-0.05, 0) is 166 Å². The minimum Gasteiger partial charge on any atom is -0.505 e. The average Bonchev–Trinajstić information content (AvgIpc) is 1.78. The molecule has 0 radical (unpaired) electrons. The van der Waals surface area contributed by atoms with Gasteiger partial charge in [-0.15, -0.1) is 0 Å². The van der Waals surface area contributed by atoms with E-state index >= 15 is 0 Å². The van der Waals surface area contributed by atoms with Gasteiger partial charge in [-0.25, -0.2) is 15.0 Å². The van der Waals surface area contributed by atoms with Crippen molar-refractivity contribution < 1.29 is 92.9 Å². The average molecular weight is 1590 g/mol. The van der Waals surface area contributed by atoms with E-state index < -0.39 is 156 Å². The van der Waals surface area contributed by atoms with Crippen LogP contribution in [0.1, 0.15) is 147 Å². The molecule has 33 nitrogen and oxygen atoms in total. The van der Waals surface area contributed by atoms with Gasteiger partial charge >= 0.3 is 5.97 Å². The molecule has 8 amide bonds. The summed E-state index contributed by atoms with van der Waals surface area (Å²) >= 11 is 0. The van der Waals surface area contributed by atoms with Gasteiger partial charge in [0.15, 0.2) is 40.5 Å². The van der Waals surface area contributed by atoms with Crippen LogP contribution in [-0.2, 0) is 67.2 Å². The third kappa shape index (κ3) is 22.5. The standard InChI is InChI=1S/C28H35N5O6.C27H33N5O6.C27H32N4O7/c1-15-12-21(35)24(18-8-9-18)33(3)28(39)16(2)25(36)19(13-17-6-4-10-29-14-17)31-26(37)22(15)32-27(38)23-20(34)7-5-11-30-23;1-14-11-20(34)22(17-7-8-17)32-25(36)15(2)24(35)18(12-16-5-3-9-28-13-16)30-26(37)21(14)31-27(38)23-19(33)6-4-10-29-23;1-14-11-20(33)24(17-7-8-17)38-27(37)15(2)23(34)18(12-16-5-3-9-28-13-16)30-25(35)21(14)31-26(36)22-19(32)6-4-10-29-22/h4-7,10-11,14-16,18-19,22,24-25,34,36H,8-9,12-13H2,1-3H3,(H,31,37)(H,32,38);3-6,9-10,13-15,17-18,21-22,24,33,35H,7-8,11-12H2,1-2H3,(H,30,37)(H,31,38)(H,32,36);3-6,9-10,13-15,17-18,21,23-24,32,34H,7-8,11-12H2,1-2H3,(H,30,35)(H,31,36)/t15-,16+,19-,22-,24?,25-;14-,15+,18-,21-,22?,24-;14-,15+,18-,21-,23-,24?/m000/s1. The van der Waals surface area contributed by atoms with Crippen molar-refractivity contribution in [2.45, 2.75) is 191 Å². The van der Waals surface area contributed by atoms with Crippen LogP contribution in [0.4, 0.5) is 0 Å². The number of aromatic hydroxyl groups is 3. The molecule has 115 heavy (non-hydrogen) atoms. The van der Waals surface area contributed by atoms with Gasteiger partial charge in [0, 0.05) is 88.0 Å². The number of cyclic esters (lactones) is 1. The zero-order valence-corrected chi connectivity index (χ0v) is 64.9. The fourth-order valence-electron chi connectivity index (χ4n) is 14.7. The molecule has 6 aliphatic rings. The molecule has 3 unspecified atom stereocenters. The number of Topliss-reactive ketones (excluding diaryl/α,β-unsaturated/α-hetero) is 3. The Bertz CT molecular complexity index is 4300. The lowest BCUT2D eigenvalue weighted by molar-refractivity contribution is -0.164. The second-order valence-corrected chi connectivity index (χ2v) is 31.0. The van der Waals surface area contributed by atoms with Crippen LogP contribution in [0.3, 0.4) is 0 Å². The first-order valence-electron chi connectivity index (χ1n) is 38.7. The predicted molar refractivity (Wildman–Crippen MR) is 410 cm³/mol. The topological polar surface area (TPSA) is 500 Å². The molecule has 6 fully saturated rings. The van der Waals surface area contributed by atoms with Crippen LogP contribution in [-0.4, -0.2) is 216 Å². The molecule has 6 aromatic rings. The fraction of sp³-hybridized carbons (Fsp3) is 0.488. The molecule has 0 bridgehead atoms. The summed E-state index contributed by atoms with van der Waals surface area (Å²) in [6, 6.07) is 11.2. The van der Waals surface area contributed by atoms with Gasteiger partial charge < -0.3 is 77.5 Å². The number of rotatable bonds is 15. The zero-order chi connectivity index (χ0) is 83.1. The normalized spacial score (nSPS) is 28.8. The van der Waals surface area contributed by atoms with Crippen LogP contribution in [0.25, 0.3) is 0 Å². The summed E-state index contributed by atoms with van der Waals surface area (Å²) in [7, 11) is 1.58. The number of likely N-dealkylation sites (N-methyl/N-ethyl adjacent to an activating group) is 1. The number of hydrogen-bond acceptors (Lipinski definition) is 25. The molecule has 18 atom stereocenters. The highest BCUT2D eigenvalue weighted by molar-refractivity contribution is 6.01. The lowest BCUT2D eigenvalue weighted by atomic mass is 9.87. The van der Waals surface area contributed by atoms with Gasteiger partial charge in [0.05, 0.1) is 66.3 Å². The lowest BCUT2D eigenvalue weighted by Gasteiger charge is -2.36. The largest absolute Gasteiger partial charge is 0.505 e. The van der Waals surface area contributed by atoms with Gasteiger partial charge in [-0.3, -0.25) is 72.5 Å². The summed E-state index contributed by atoms with van der Waals surface area (Å²) in [4.78, 5) is 185. The maximum atomic E-state index is 13.7. The van der Waals surface area contributed by atoms with E-state index in [2.05, 4.69) is 67.1 Å². The fourth-order valence-corrected chi connectivity index (χ4v) is 14.7. The van der Waals surface area contributed by atoms with Crippen molar-refractivity contribution in [1.82, 2.24) is 72.0 Å². The maximum absolute atomic E-state index is 13.7. The summed E-state index contributed by atoms with van der Waals surface area (Å²) in [5.74, 6) is -12.6. The number of hydrogen-bond donors (Lipinski definition) is 13. The van der Waals surface area contributed by atoms with E-state index in [1.807, 2.05) is 0 Å². The first kappa shape index (κ1) is 85.8. The number of aromatic nitrogens is 6. The molecule has 6 aromatic heterocycles. The van der Waals surface area contributed by atoms with E-state index in [-0.39, 0.29) is 114 Å². The molecule has 9 heterocycles. The quantitative estimate of drug-likeness (QED) is 0.0656. The summed E-state index contributed by atoms with van der Waals surface area (Å²) in [5, 5.41) is 83.0. The van der Waals surface area contributed by atoms with Crippen molar-refractivity contribution >= 4 is 70.6 Å². The number of nitrogens with one attached hydrogen (secondary N) is 7. The van der Waals surface area contributed by atoms with Crippen LogP contribution in [0.5, 0.6) is 17.2 Å². The van der Waals surface area contributed by atoms with Crippen molar-refractivity contribution in [2.75, 3.05) is 7.05 Å². The molecule has 0 aromatic carbocycles. The maximum Gasteiger partial charge on any atom is 0.312 e. The monoisotopic (exact) mass is 1580 g/mol. The Morgan fingerprint density at radius 2 is 0.783 bits per heavy atom. The van der Waals surface area contributed by atoms with Gasteiger partial charge in [0.1, 0.15) is 35.4 Å². The van der Waals surface area contributed by atoms with Crippen LogP contribution in [0.2, 0.25) is 0 Å². The molecule has 13 N–H and O–H groups in total. The molecule has 33 heteroatoms. The van der Waals surface area contributed by atoms with Crippen molar-refractivity contribution in [3.63, 3.8) is 0 Å². The van der Waals surface area contributed by atoms with Crippen LogP contribution in [0, 0.1) is 53.3 Å². The Labute approximate surface area is 663 Å². The Morgan fingerprint density at radius 1 is 0.435 bits per heavy atom. The van der Waals surface area contributed by atoms with Crippen molar-refractivity contribution in [3.05, 3.63) is 162 Å².